The van der Waals surface area contributed by atoms with E-state index in [-0.39, 0.29) is 11.6 Å². The highest BCUT2D eigenvalue weighted by Gasteiger charge is 2.13. The lowest BCUT2D eigenvalue weighted by Gasteiger charge is -2.05. The Hall–Kier alpha value is -1.67. The van der Waals surface area contributed by atoms with Gasteiger partial charge in [-0.05, 0) is 20.2 Å². The maximum atomic E-state index is 10.7. The maximum absolute atomic E-state index is 10.7. The van der Waals surface area contributed by atoms with E-state index in [1.165, 1.54) is 16.7 Å². The van der Waals surface area contributed by atoms with Crippen molar-refractivity contribution < 1.29 is 14.7 Å². The van der Waals surface area contributed by atoms with Gasteiger partial charge in [0.15, 0.2) is 5.69 Å². The molecule has 0 spiro atoms. The van der Waals surface area contributed by atoms with Crippen molar-refractivity contribution in [3.05, 3.63) is 39.3 Å². The highest BCUT2D eigenvalue weighted by Crippen LogP contribution is 2.34. The van der Waals surface area contributed by atoms with Crippen LogP contribution in [0.2, 0.25) is 10.0 Å². The van der Waals surface area contributed by atoms with Crippen LogP contribution in [0.15, 0.2) is 23.6 Å². The molecule has 24 heavy (non-hydrogen) atoms. The number of halogens is 2. The molecule has 0 aliphatic rings. The summed E-state index contributed by atoms with van der Waals surface area (Å²) in [6, 6.07) is 5.16. The van der Waals surface area contributed by atoms with Crippen molar-refractivity contribution in [3.8, 4) is 10.6 Å². The highest BCUT2D eigenvalue weighted by molar-refractivity contribution is 7.13. The van der Waals surface area contributed by atoms with E-state index in [1.807, 2.05) is 19.0 Å². The van der Waals surface area contributed by atoms with E-state index >= 15 is 0 Å². The van der Waals surface area contributed by atoms with Crippen LogP contribution >= 0.6 is 34.5 Å². The number of hydrogen-bond donors (Lipinski definition) is 2. The Morgan fingerprint density at radius 1 is 1.33 bits per heavy atom. The Balaban J connectivity index is 0.000000307. The zero-order valence-electron chi connectivity index (χ0n) is 13.1. The van der Waals surface area contributed by atoms with E-state index in [2.05, 4.69) is 4.98 Å². The molecule has 0 aliphatic carbocycles. The summed E-state index contributed by atoms with van der Waals surface area (Å²) in [5.74, 6) is -1.29. The molecule has 6 nitrogen and oxygen atoms in total. The highest BCUT2D eigenvalue weighted by atomic mass is 35.5. The van der Waals surface area contributed by atoms with Gasteiger partial charge in [-0.25, -0.2) is 9.78 Å². The van der Waals surface area contributed by atoms with Crippen LogP contribution in [-0.2, 0) is 4.79 Å². The number of carboxylic acid groups (broad SMARTS) is 1. The third kappa shape index (κ3) is 6.45. The summed E-state index contributed by atoms with van der Waals surface area (Å²) in [4.78, 5) is 26.7. The lowest BCUT2D eigenvalue weighted by atomic mass is 10.2. The number of thiazole rings is 1. The number of carboxylic acids is 1. The Bertz CT molecular complexity index is 720. The molecule has 0 saturated carbocycles. The number of amides is 1. The van der Waals surface area contributed by atoms with Crippen molar-refractivity contribution in [1.29, 1.82) is 0 Å². The van der Waals surface area contributed by atoms with E-state index < -0.39 is 5.97 Å². The minimum absolute atomic E-state index is 0.0102. The van der Waals surface area contributed by atoms with Gasteiger partial charge in [0.25, 0.3) is 0 Å². The summed E-state index contributed by atoms with van der Waals surface area (Å²) >= 11 is 13.1. The van der Waals surface area contributed by atoms with Crippen LogP contribution in [0, 0.1) is 0 Å². The number of aromatic nitrogens is 1. The molecule has 0 bridgehead atoms. The van der Waals surface area contributed by atoms with Gasteiger partial charge in [-0.1, -0.05) is 35.3 Å². The standard InChI is InChI=1S/C10H5Cl2NO2S.C5H12N2O/c11-6-3-1-2-5(8(6)12)9-13-7(4-16-9)10(14)15;1-7(2)4-3-5(6)8/h1-4H,(H,14,15);3-4H2,1-2H3,(H2,6,8). The smallest absolute Gasteiger partial charge is 0.355 e. The minimum atomic E-state index is -1.05. The molecule has 2 aromatic rings. The second-order valence-electron chi connectivity index (χ2n) is 4.96. The number of aromatic carboxylic acids is 1. The Morgan fingerprint density at radius 2 is 2.00 bits per heavy atom. The Kier molecular flexibility index (Phi) is 8.14. The number of carbonyl (C=O) groups is 2. The first kappa shape index (κ1) is 20.4. The molecule has 1 aromatic heterocycles. The summed E-state index contributed by atoms with van der Waals surface area (Å²) in [6.07, 6.45) is 0.451. The van der Waals surface area contributed by atoms with Gasteiger partial charge in [0, 0.05) is 23.9 Å². The number of nitrogens with two attached hydrogens (primary N) is 1. The van der Waals surface area contributed by atoms with Crippen molar-refractivity contribution in [2.75, 3.05) is 20.6 Å². The largest absolute Gasteiger partial charge is 0.476 e. The molecule has 0 fully saturated rings. The van der Waals surface area contributed by atoms with Crippen molar-refractivity contribution >= 4 is 46.4 Å². The molecule has 0 radical (unpaired) electrons. The molecule has 0 unspecified atom stereocenters. The van der Waals surface area contributed by atoms with Crippen LogP contribution in [0.5, 0.6) is 0 Å². The molecular weight excluding hydrogens is 373 g/mol. The fourth-order valence-corrected chi connectivity index (χ4v) is 2.77. The van der Waals surface area contributed by atoms with Crippen LogP contribution < -0.4 is 5.73 Å². The number of carbonyl (C=O) groups excluding carboxylic acids is 1. The first-order valence-corrected chi connectivity index (χ1v) is 8.42. The van der Waals surface area contributed by atoms with Crippen LogP contribution in [0.4, 0.5) is 0 Å². The van der Waals surface area contributed by atoms with Crippen molar-refractivity contribution in [2.45, 2.75) is 6.42 Å². The molecule has 130 valence electrons. The van der Waals surface area contributed by atoms with Crippen molar-refractivity contribution in [3.63, 3.8) is 0 Å². The first-order valence-electron chi connectivity index (χ1n) is 6.78. The molecule has 1 aromatic carbocycles. The third-order valence-corrected chi connectivity index (χ3v) is 4.41. The van der Waals surface area contributed by atoms with Crippen molar-refractivity contribution in [2.24, 2.45) is 5.73 Å². The van der Waals surface area contributed by atoms with Gasteiger partial charge >= 0.3 is 5.97 Å². The van der Waals surface area contributed by atoms with Gasteiger partial charge in [0.05, 0.1) is 10.0 Å². The second kappa shape index (κ2) is 9.58. The van der Waals surface area contributed by atoms with E-state index in [0.29, 0.717) is 27.0 Å². The molecule has 0 saturated heterocycles. The van der Waals surface area contributed by atoms with Crippen LogP contribution in [0.3, 0.4) is 0 Å². The Labute approximate surface area is 153 Å². The van der Waals surface area contributed by atoms with Crippen LogP contribution in [0.1, 0.15) is 16.9 Å². The van der Waals surface area contributed by atoms with Crippen LogP contribution in [-0.4, -0.2) is 47.5 Å². The topological polar surface area (TPSA) is 96.5 Å². The molecular formula is C15H17Cl2N3O3S. The molecule has 9 heteroatoms. The minimum Gasteiger partial charge on any atom is -0.476 e. The fourth-order valence-electron chi connectivity index (χ4n) is 1.50. The molecule has 0 aliphatic heterocycles. The number of rotatable bonds is 5. The lowest BCUT2D eigenvalue weighted by Crippen LogP contribution is -2.20. The second-order valence-corrected chi connectivity index (χ2v) is 6.61. The molecule has 1 amide bonds. The van der Waals surface area contributed by atoms with E-state index in [1.54, 1.807) is 18.2 Å². The predicted octanol–water partition coefficient (Wildman–Crippen LogP) is 3.24. The number of benzene rings is 1. The predicted molar refractivity (Wildman–Crippen MR) is 96.9 cm³/mol. The van der Waals surface area contributed by atoms with Gasteiger partial charge in [-0.2, -0.15) is 0 Å². The van der Waals surface area contributed by atoms with Gasteiger partial charge in [-0.3, -0.25) is 4.79 Å². The molecule has 3 N–H and O–H groups in total. The van der Waals surface area contributed by atoms with Gasteiger partial charge < -0.3 is 15.7 Å². The lowest BCUT2D eigenvalue weighted by molar-refractivity contribution is -0.118. The van der Waals surface area contributed by atoms with Gasteiger partial charge in [-0.15, -0.1) is 11.3 Å². The number of nitrogens with zero attached hydrogens (tertiary/aromatic N) is 2. The SMILES string of the molecule is CN(C)CCC(N)=O.O=C(O)c1csc(-c2cccc(Cl)c2Cl)n1. The summed E-state index contributed by atoms with van der Waals surface area (Å²) in [7, 11) is 3.81. The van der Waals surface area contributed by atoms with Gasteiger partial charge in [0.1, 0.15) is 5.01 Å². The van der Waals surface area contributed by atoms with E-state index in [9.17, 15) is 9.59 Å². The molecule has 1 heterocycles. The maximum Gasteiger partial charge on any atom is 0.355 e. The molecule has 2 rings (SSSR count). The summed E-state index contributed by atoms with van der Waals surface area (Å²) in [5.41, 5.74) is 5.53. The Morgan fingerprint density at radius 3 is 2.46 bits per heavy atom. The van der Waals surface area contributed by atoms with Crippen LogP contribution in [0.25, 0.3) is 10.6 Å². The average molecular weight is 390 g/mol. The molecule has 0 atom stereocenters. The number of hydrogen-bond acceptors (Lipinski definition) is 5. The van der Waals surface area contributed by atoms with Crippen molar-refractivity contribution in [1.82, 2.24) is 9.88 Å². The third-order valence-electron chi connectivity index (χ3n) is 2.71. The summed E-state index contributed by atoms with van der Waals surface area (Å²) in [5, 5.41) is 11.6. The quantitative estimate of drug-likeness (QED) is 0.817. The zero-order valence-corrected chi connectivity index (χ0v) is 15.5. The number of primary amides is 1. The van der Waals surface area contributed by atoms with E-state index in [4.69, 9.17) is 34.0 Å². The summed E-state index contributed by atoms with van der Waals surface area (Å²) in [6.45, 7) is 0.745. The summed E-state index contributed by atoms with van der Waals surface area (Å²) < 4.78 is 0. The monoisotopic (exact) mass is 389 g/mol. The van der Waals surface area contributed by atoms with E-state index in [0.717, 1.165) is 6.54 Å². The fraction of sp³-hybridized carbons (Fsp3) is 0.267. The normalized spacial score (nSPS) is 10.2. The van der Waals surface area contributed by atoms with Gasteiger partial charge in [0.2, 0.25) is 5.91 Å². The average Bonchev–Trinajstić information content (AvgIpc) is 2.98. The zero-order chi connectivity index (χ0) is 18.3. The first-order chi connectivity index (χ1) is 11.2.